The summed E-state index contributed by atoms with van der Waals surface area (Å²) >= 11 is 0. The first-order valence-corrected chi connectivity index (χ1v) is 12.6. The quantitative estimate of drug-likeness (QED) is 0.406. The summed E-state index contributed by atoms with van der Waals surface area (Å²) in [5.74, 6) is 6.31. The van der Waals surface area contributed by atoms with E-state index in [9.17, 15) is 4.79 Å². The van der Waals surface area contributed by atoms with E-state index < -0.39 is 5.82 Å². The number of likely N-dealkylation sites (tertiary alicyclic amines) is 1. The number of aromatic nitrogens is 4. The number of ether oxygens (including phenoxy) is 1. The van der Waals surface area contributed by atoms with Crippen LogP contribution in [0, 0.1) is 17.7 Å². The van der Waals surface area contributed by atoms with Gasteiger partial charge in [0, 0.05) is 37.8 Å². The smallest absolute Gasteiger partial charge is 0.329 e. The second kappa shape index (κ2) is 9.07. The average Bonchev–Trinajstić information content (AvgIpc) is 3.05. The van der Waals surface area contributed by atoms with E-state index in [1.165, 1.54) is 25.3 Å². The maximum atomic E-state index is 15.5. The zero-order valence-corrected chi connectivity index (χ0v) is 20.6. The maximum Gasteiger partial charge on any atom is 0.329 e. The summed E-state index contributed by atoms with van der Waals surface area (Å²) in [5, 5.41) is 0.646. The highest BCUT2D eigenvalue weighted by molar-refractivity contribution is 6.09. The number of piperidine rings is 1. The van der Waals surface area contributed by atoms with Crippen LogP contribution < -0.4 is 10.4 Å². The second-order valence-corrected chi connectivity index (χ2v) is 9.71. The van der Waals surface area contributed by atoms with Crippen LogP contribution in [-0.2, 0) is 7.05 Å². The summed E-state index contributed by atoms with van der Waals surface area (Å²) in [6, 6.07) is 4.83. The van der Waals surface area contributed by atoms with Gasteiger partial charge < -0.3 is 9.64 Å². The van der Waals surface area contributed by atoms with Crippen molar-refractivity contribution < 1.29 is 9.13 Å². The highest BCUT2D eigenvalue weighted by Crippen LogP contribution is 2.43. The van der Waals surface area contributed by atoms with Crippen LogP contribution in [0.1, 0.15) is 44.3 Å². The van der Waals surface area contributed by atoms with Crippen molar-refractivity contribution in [2.45, 2.75) is 38.6 Å². The Morgan fingerprint density at radius 3 is 2.78 bits per heavy atom. The molecule has 1 atom stereocenters. The molecule has 0 bridgehead atoms. The molecule has 4 aromatic rings. The predicted molar refractivity (Wildman–Crippen MR) is 138 cm³/mol. The van der Waals surface area contributed by atoms with Crippen LogP contribution in [0.4, 0.5) is 4.39 Å². The molecule has 8 heteroatoms. The van der Waals surface area contributed by atoms with Crippen LogP contribution in [0.2, 0.25) is 0 Å². The molecule has 1 saturated heterocycles. The van der Waals surface area contributed by atoms with E-state index in [1.807, 2.05) is 19.1 Å². The van der Waals surface area contributed by atoms with Gasteiger partial charge in [0.2, 0.25) is 0 Å². The summed E-state index contributed by atoms with van der Waals surface area (Å²) in [5.41, 5.74) is 3.30. The summed E-state index contributed by atoms with van der Waals surface area (Å²) in [7, 11) is 1.73. The number of hydrogen-bond donors (Lipinski definition) is 0. The molecule has 0 spiro atoms. The molecule has 1 aromatic carbocycles. The summed E-state index contributed by atoms with van der Waals surface area (Å²) in [4.78, 5) is 24.3. The minimum atomic E-state index is -0.439. The Morgan fingerprint density at radius 2 is 2.00 bits per heavy atom. The minimum Gasteiger partial charge on any atom is -0.490 e. The number of nitrogens with zero attached hydrogens (tertiary/aromatic N) is 5. The van der Waals surface area contributed by atoms with E-state index >= 15 is 4.39 Å². The van der Waals surface area contributed by atoms with Crippen LogP contribution in [0.15, 0.2) is 35.4 Å². The predicted octanol–water partition coefficient (Wildman–Crippen LogP) is 4.27. The lowest BCUT2D eigenvalue weighted by molar-refractivity contribution is 0.234. The molecule has 184 valence electrons. The number of imidazole rings is 1. The Kier molecular flexibility index (Phi) is 5.73. The van der Waals surface area contributed by atoms with Crippen molar-refractivity contribution in [3.8, 4) is 28.7 Å². The Morgan fingerprint density at radius 1 is 1.17 bits per heavy atom. The van der Waals surface area contributed by atoms with Crippen LogP contribution in [0.5, 0.6) is 5.75 Å². The Labute approximate surface area is 208 Å². The van der Waals surface area contributed by atoms with Crippen molar-refractivity contribution in [3.05, 3.63) is 52.6 Å². The molecule has 0 amide bonds. The number of benzene rings is 1. The third-order valence-corrected chi connectivity index (χ3v) is 7.29. The lowest BCUT2D eigenvalue weighted by Gasteiger charge is -2.25. The van der Waals surface area contributed by atoms with Gasteiger partial charge in [-0.3, -0.25) is 14.1 Å². The third kappa shape index (κ3) is 3.75. The highest BCUT2D eigenvalue weighted by atomic mass is 19.1. The molecule has 0 saturated carbocycles. The van der Waals surface area contributed by atoms with Gasteiger partial charge in [0.05, 0.1) is 39.7 Å². The van der Waals surface area contributed by atoms with Crippen molar-refractivity contribution in [1.82, 2.24) is 24.0 Å². The van der Waals surface area contributed by atoms with Crippen LogP contribution in [0.25, 0.3) is 33.1 Å². The van der Waals surface area contributed by atoms with E-state index in [0.717, 1.165) is 31.6 Å². The standard InChI is InChI=1S/C28H28FN5O2/c1-18-17-36-27-24(19-9-10-20(30-15-19)8-4-7-13-33-11-5-3-6-12-33)21(29)14-22-25(27)26-23(16-31-22)32(2)28(35)34(18)26/h9-10,14-16,18H,3,5-7,11-13,17H2,1-2H3/t18-/m0/s1. The SMILES string of the molecule is C[C@H]1COc2c(-c3ccc(C#CCCN4CCCCC4)nc3)c(F)cc3ncc4c(c23)n1c(=O)n4C. The van der Waals surface area contributed by atoms with Crippen molar-refractivity contribution >= 4 is 21.9 Å². The Bertz CT molecular complexity index is 1590. The molecule has 6 rings (SSSR count). The minimum absolute atomic E-state index is 0.140. The molecule has 5 heterocycles. The largest absolute Gasteiger partial charge is 0.490 e. The molecule has 0 aliphatic carbocycles. The topological polar surface area (TPSA) is 65.2 Å². The normalized spacial score (nSPS) is 17.7. The van der Waals surface area contributed by atoms with Gasteiger partial charge in [-0.15, -0.1) is 0 Å². The molecule has 7 nitrogen and oxygen atoms in total. The average molecular weight is 486 g/mol. The molecule has 3 aromatic heterocycles. The van der Waals surface area contributed by atoms with Crippen LogP contribution in [0.3, 0.4) is 0 Å². The fourth-order valence-electron chi connectivity index (χ4n) is 5.38. The summed E-state index contributed by atoms with van der Waals surface area (Å²) in [6.45, 7) is 5.48. The number of hydrogen-bond acceptors (Lipinski definition) is 5. The lowest BCUT2D eigenvalue weighted by Crippen LogP contribution is -2.30. The summed E-state index contributed by atoms with van der Waals surface area (Å²) < 4.78 is 24.9. The first-order valence-electron chi connectivity index (χ1n) is 12.6. The van der Waals surface area contributed by atoms with Crippen LogP contribution >= 0.6 is 0 Å². The first-order chi connectivity index (χ1) is 17.5. The van der Waals surface area contributed by atoms with Gasteiger partial charge in [0.25, 0.3) is 0 Å². The Balaban J connectivity index is 1.37. The molecule has 0 unspecified atom stereocenters. The monoisotopic (exact) mass is 485 g/mol. The van der Waals surface area contributed by atoms with E-state index in [0.29, 0.717) is 39.0 Å². The van der Waals surface area contributed by atoms with Crippen molar-refractivity contribution in [2.24, 2.45) is 7.05 Å². The molecule has 0 radical (unpaired) electrons. The first kappa shape index (κ1) is 22.7. The number of rotatable bonds is 3. The molecular weight excluding hydrogens is 457 g/mol. The third-order valence-electron chi connectivity index (χ3n) is 7.29. The van der Waals surface area contributed by atoms with E-state index in [-0.39, 0.29) is 18.3 Å². The van der Waals surface area contributed by atoms with E-state index in [2.05, 4.69) is 26.7 Å². The van der Waals surface area contributed by atoms with Crippen LogP contribution in [-0.4, -0.2) is 50.2 Å². The number of pyridine rings is 2. The number of halogens is 1. The maximum absolute atomic E-state index is 15.5. The fraction of sp³-hybridized carbons (Fsp3) is 0.393. The van der Waals surface area contributed by atoms with E-state index in [4.69, 9.17) is 4.74 Å². The van der Waals surface area contributed by atoms with Gasteiger partial charge in [-0.25, -0.2) is 14.2 Å². The van der Waals surface area contributed by atoms with Crippen molar-refractivity contribution in [2.75, 3.05) is 26.2 Å². The van der Waals surface area contributed by atoms with Gasteiger partial charge in [0.1, 0.15) is 23.9 Å². The highest BCUT2D eigenvalue weighted by Gasteiger charge is 2.28. The van der Waals surface area contributed by atoms with Crippen molar-refractivity contribution in [1.29, 1.82) is 0 Å². The molecule has 2 aliphatic heterocycles. The van der Waals surface area contributed by atoms with Crippen molar-refractivity contribution in [3.63, 3.8) is 0 Å². The molecule has 0 N–H and O–H groups in total. The van der Waals surface area contributed by atoms with Gasteiger partial charge >= 0.3 is 5.69 Å². The van der Waals surface area contributed by atoms with Gasteiger partial charge in [-0.2, -0.15) is 0 Å². The Hall–Kier alpha value is -3.70. The summed E-state index contributed by atoms with van der Waals surface area (Å²) in [6.07, 6.45) is 7.94. The molecule has 2 aliphatic rings. The second-order valence-electron chi connectivity index (χ2n) is 9.71. The van der Waals surface area contributed by atoms with E-state index in [1.54, 1.807) is 28.6 Å². The lowest BCUT2D eigenvalue weighted by atomic mass is 10.0. The number of aryl methyl sites for hydroxylation is 1. The molecular formula is C28H28FN5O2. The molecule has 1 fully saturated rings. The van der Waals surface area contributed by atoms with Gasteiger partial charge in [-0.1, -0.05) is 12.3 Å². The zero-order valence-electron chi connectivity index (χ0n) is 20.6. The zero-order chi connectivity index (χ0) is 24.8. The van der Waals surface area contributed by atoms with Gasteiger partial charge in [-0.05, 0) is 50.9 Å². The molecule has 36 heavy (non-hydrogen) atoms. The van der Waals surface area contributed by atoms with Gasteiger partial charge in [0.15, 0.2) is 0 Å². The fourth-order valence-corrected chi connectivity index (χ4v) is 5.38.